The zero-order valence-corrected chi connectivity index (χ0v) is 17.0. The van der Waals surface area contributed by atoms with E-state index in [1.54, 1.807) is 47.4 Å². The van der Waals surface area contributed by atoms with Crippen molar-refractivity contribution in [1.82, 2.24) is 4.90 Å². The number of nitrogens with zero attached hydrogens (tertiary/aromatic N) is 1. The molecule has 5 heteroatoms. The first kappa shape index (κ1) is 20.4. The normalized spacial score (nSPS) is 10.7. The van der Waals surface area contributed by atoms with Crippen LogP contribution in [0.5, 0.6) is 0 Å². The molecule has 0 unspecified atom stereocenters. The first-order valence-electron chi connectivity index (χ1n) is 8.97. The average molecular weight is 416 g/mol. The zero-order chi connectivity index (χ0) is 20.1. The highest BCUT2D eigenvalue weighted by Crippen LogP contribution is 2.22. The van der Waals surface area contributed by atoms with E-state index < -0.39 is 0 Å². The Morgan fingerprint density at radius 1 is 0.964 bits per heavy atom. The smallest absolute Gasteiger partial charge is 0.254 e. The topological polar surface area (TPSA) is 20.3 Å². The summed E-state index contributed by atoms with van der Waals surface area (Å²) >= 11 is 12.2. The van der Waals surface area contributed by atoms with Crippen molar-refractivity contribution < 1.29 is 9.18 Å². The number of carbonyl (C=O) groups is 1. The average Bonchev–Trinajstić information content (AvgIpc) is 2.68. The molecule has 28 heavy (non-hydrogen) atoms. The van der Waals surface area contributed by atoms with E-state index in [9.17, 15) is 9.18 Å². The molecule has 0 aliphatic rings. The molecule has 3 rings (SSSR count). The van der Waals surface area contributed by atoms with Crippen LogP contribution in [-0.4, -0.2) is 17.4 Å². The fourth-order valence-corrected chi connectivity index (χ4v) is 3.45. The van der Waals surface area contributed by atoms with E-state index in [0.29, 0.717) is 34.1 Å². The number of rotatable bonds is 6. The quantitative estimate of drug-likeness (QED) is 0.460. The second-order valence-corrected chi connectivity index (χ2v) is 7.51. The molecule has 0 N–H and O–H groups in total. The molecule has 0 saturated carbocycles. The van der Waals surface area contributed by atoms with Gasteiger partial charge >= 0.3 is 0 Å². The van der Waals surface area contributed by atoms with Crippen LogP contribution in [0.25, 0.3) is 0 Å². The summed E-state index contributed by atoms with van der Waals surface area (Å²) in [6.07, 6.45) is 0.544. The molecule has 3 aromatic carbocycles. The molecule has 0 aromatic heterocycles. The highest BCUT2D eigenvalue weighted by Gasteiger charge is 2.18. The summed E-state index contributed by atoms with van der Waals surface area (Å²) in [5.41, 5.74) is 3.01. The number of hydrogen-bond donors (Lipinski definition) is 0. The number of aryl methyl sites for hydroxylation is 1. The Morgan fingerprint density at radius 2 is 1.68 bits per heavy atom. The Morgan fingerprint density at radius 3 is 2.36 bits per heavy atom. The maximum Gasteiger partial charge on any atom is 0.254 e. The second-order valence-electron chi connectivity index (χ2n) is 6.67. The standard InChI is InChI=1S/C23H20Cl2FNO/c1-16-6-8-18(9-7-16)23(28)27(15-19-4-2-3-5-22(19)26)13-12-17-10-11-20(24)14-21(17)25/h2-11,14H,12-13,15H2,1H3. The largest absolute Gasteiger partial charge is 0.334 e. The Balaban J connectivity index is 1.84. The van der Waals surface area contributed by atoms with Crippen molar-refractivity contribution in [2.24, 2.45) is 0 Å². The van der Waals surface area contributed by atoms with Gasteiger partial charge in [0, 0.05) is 34.3 Å². The van der Waals surface area contributed by atoms with Crippen LogP contribution < -0.4 is 0 Å². The van der Waals surface area contributed by atoms with Gasteiger partial charge in [-0.15, -0.1) is 0 Å². The highest BCUT2D eigenvalue weighted by molar-refractivity contribution is 6.35. The molecule has 2 nitrogen and oxygen atoms in total. The third kappa shape index (κ3) is 5.12. The SMILES string of the molecule is Cc1ccc(C(=O)N(CCc2ccc(Cl)cc2Cl)Cc2ccccc2F)cc1. The molecule has 3 aromatic rings. The molecule has 0 spiro atoms. The van der Waals surface area contributed by atoms with Gasteiger partial charge < -0.3 is 4.90 Å². The van der Waals surface area contributed by atoms with Crippen molar-refractivity contribution in [2.45, 2.75) is 19.9 Å². The van der Waals surface area contributed by atoms with Gasteiger partial charge in [-0.05, 0) is 49.2 Å². The van der Waals surface area contributed by atoms with Gasteiger partial charge in [0.15, 0.2) is 0 Å². The van der Waals surface area contributed by atoms with Crippen LogP contribution in [0.3, 0.4) is 0 Å². The molecule has 0 fully saturated rings. The van der Waals surface area contributed by atoms with E-state index in [1.807, 2.05) is 25.1 Å². The molecule has 0 aliphatic carbocycles. The van der Waals surface area contributed by atoms with Gasteiger partial charge in [0.1, 0.15) is 5.82 Å². The predicted octanol–water partition coefficient (Wildman–Crippen LogP) is 6.33. The van der Waals surface area contributed by atoms with Crippen LogP contribution in [0, 0.1) is 12.7 Å². The van der Waals surface area contributed by atoms with E-state index in [-0.39, 0.29) is 18.3 Å². The fraction of sp³-hybridized carbons (Fsp3) is 0.174. The third-order valence-electron chi connectivity index (χ3n) is 4.57. The van der Waals surface area contributed by atoms with Crippen molar-refractivity contribution in [1.29, 1.82) is 0 Å². The Labute approximate surface area is 174 Å². The van der Waals surface area contributed by atoms with Gasteiger partial charge in [0.2, 0.25) is 0 Å². The second kappa shape index (κ2) is 9.22. The summed E-state index contributed by atoms with van der Waals surface area (Å²) in [5.74, 6) is -0.470. The van der Waals surface area contributed by atoms with E-state index >= 15 is 0 Å². The molecule has 0 atom stereocenters. The van der Waals surface area contributed by atoms with Gasteiger partial charge in [-0.1, -0.05) is 65.2 Å². The molecule has 0 bridgehead atoms. The highest BCUT2D eigenvalue weighted by atomic mass is 35.5. The summed E-state index contributed by atoms with van der Waals surface area (Å²) in [4.78, 5) is 14.7. The van der Waals surface area contributed by atoms with Crippen LogP contribution in [0.15, 0.2) is 66.7 Å². The van der Waals surface area contributed by atoms with Crippen LogP contribution in [-0.2, 0) is 13.0 Å². The van der Waals surface area contributed by atoms with Gasteiger partial charge in [-0.2, -0.15) is 0 Å². The van der Waals surface area contributed by atoms with Crippen molar-refractivity contribution in [3.8, 4) is 0 Å². The predicted molar refractivity (Wildman–Crippen MR) is 112 cm³/mol. The molecule has 0 saturated heterocycles. The lowest BCUT2D eigenvalue weighted by Gasteiger charge is -2.24. The molecule has 0 radical (unpaired) electrons. The minimum atomic E-state index is -0.325. The molecule has 0 aliphatic heterocycles. The molecule has 144 valence electrons. The van der Waals surface area contributed by atoms with Crippen molar-refractivity contribution in [3.63, 3.8) is 0 Å². The third-order valence-corrected chi connectivity index (χ3v) is 5.16. The summed E-state index contributed by atoms with van der Waals surface area (Å²) in [5, 5.41) is 1.12. The molecule has 0 heterocycles. The van der Waals surface area contributed by atoms with Gasteiger partial charge in [0.05, 0.1) is 0 Å². The van der Waals surface area contributed by atoms with Crippen molar-refractivity contribution >= 4 is 29.1 Å². The number of amides is 1. The van der Waals surface area contributed by atoms with Gasteiger partial charge in [-0.25, -0.2) is 4.39 Å². The number of benzene rings is 3. The summed E-state index contributed by atoms with van der Waals surface area (Å²) < 4.78 is 14.2. The van der Waals surface area contributed by atoms with Crippen molar-refractivity contribution in [2.75, 3.05) is 6.54 Å². The molecule has 1 amide bonds. The number of halogens is 3. The van der Waals surface area contributed by atoms with Crippen LogP contribution in [0.2, 0.25) is 10.0 Å². The fourth-order valence-electron chi connectivity index (χ4n) is 2.94. The van der Waals surface area contributed by atoms with Crippen LogP contribution in [0.4, 0.5) is 4.39 Å². The monoisotopic (exact) mass is 415 g/mol. The Bertz CT molecular complexity index is 973. The van der Waals surface area contributed by atoms with Gasteiger partial charge in [0.25, 0.3) is 5.91 Å². The Hall–Kier alpha value is -2.36. The Kier molecular flexibility index (Phi) is 6.71. The molecular weight excluding hydrogens is 396 g/mol. The maximum absolute atomic E-state index is 14.2. The zero-order valence-electron chi connectivity index (χ0n) is 15.5. The minimum Gasteiger partial charge on any atom is -0.334 e. The summed E-state index contributed by atoms with van der Waals surface area (Å²) in [6, 6.07) is 19.2. The summed E-state index contributed by atoms with van der Waals surface area (Å²) in [6.45, 7) is 2.56. The number of carbonyl (C=O) groups excluding carboxylic acids is 1. The lowest BCUT2D eigenvalue weighted by molar-refractivity contribution is 0.0743. The van der Waals surface area contributed by atoms with E-state index in [0.717, 1.165) is 11.1 Å². The lowest BCUT2D eigenvalue weighted by Crippen LogP contribution is -2.33. The number of hydrogen-bond acceptors (Lipinski definition) is 1. The lowest BCUT2D eigenvalue weighted by atomic mass is 10.1. The van der Waals surface area contributed by atoms with Crippen molar-refractivity contribution in [3.05, 3.63) is 105 Å². The first-order valence-corrected chi connectivity index (χ1v) is 9.73. The van der Waals surface area contributed by atoms with E-state index in [1.165, 1.54) is 6.07 Å². The van der Waals surface area contributed by atoms with Crippen LogP contribution >= 0.6 is 23.2 Å². The maximum atomic E-state index is 14.2. The van der Waals surface area contributed by atoms with Crippen LogP contribution in [0.1, 0.15) is 27.0 Å². The van der Waals surface area contributed by atoms with E-state index in [2.05, 4.69) is 0 Å². The van der Waals surface area contributed by atoms with E-state index in [4.69, 9.17) is 23.2 Å². The molecular formula is C23H20Cl2FNO. The minimum absolute atomic E-state index is 0.145. The first-order chi connectivity index (χ1) is 13.4. The summed E-state index contributed by atoms with van der Waals surface area (Å²) in [7, 11) is 0. The van der Waals surface area contributed by atoms with Gasteiger partial charge in [-0.3, -0.25) is 4.79 Å².